The summed E-state index contributed by atoms with van der Waals surface area (Å²) < 4.78 is 22.7. The predicted octanol–water partition coefficient (Wildman–Crippen LogP) is -0.126. The second-order valence-corrected chi connectivity index (χ2v) is 7.03. The fraction of sp³-hybridized carbons (Fsp3) is 0.900. The quantitative estimate of drug-likeness (QED) is 0.710. The van der Waals surface area contributed by atoms with Gasteiger partial charge in [-0.15, -0.1) is 0 Å². The number of carboxylic acids is 1. The Labute approximate surface area is 95.1 Å². The molecule has 2 heterocycles. The van der Waals surface area contributed by atoms with E-state index in [1.807, 2.05) is 0 Å². The zero-order valence-electron chi connectivity index (χ0n) is 9.05. The molecule has 0 aromatic rings. The van der Waals surface area contributed by atoms with Crippen LogP contribution in [-0.2, 0) is 14.6 Å². The Morgan fingerprint density at radius 3 is 2.38 bits per heavy atom. The smallest absolute Gasteiger partial charge is 0.320 e. The van der Waals surface area contributed by atoms with Gasteiger partial charge >= 0.3 is 5.97 Å². The van der Waals surface area contributed by atoms with Crippen LogP contribution in [0.4, 0.5) is 0 Å². The van der Waals surface area contributed by atoms with Crippen molar-refractivity contribution in [1.29, 1.82) is 0 Å². The van der Waals surface area contributed by atoms with Gasteiger partial charge in [-0.2, -0.15) is 0 Å². The molecule has 0 amide bonds. The Hall–Kier alpha value is -0.620. The Balaban J connectivity index is 1.88. The summed E-state index contributed by atoms with van der Waals surface area (Å²) in [6.45, 7) is 0.636. The van der Waals surface area contributed by atoms with Crippen molar-refractivity contribution in [3.05, 3.63) is 0 Å². The number of hydrogen-bond donors (Lipinski definition) is 2. The first-order valence-corrected chi connectivity index (χ1v) is 7.47. The van der Waals surface area contributed by atoms with Crippen LogP contribution in [0, 0.1) is 11.8 Å². The molecule has 5 nitrogen and oxygen atoms in total. The molecule has 2 rings (SSSR count). The van der Waals surface area contributed by atoms with Gasteiger partial charge in [0.05, 0.1) is 11.5 Å². The van der Waals surface area contributed by atoms with Crippen LogP contribution in [0.3, 0.4) is 0 Å². The summed E-state index contributed by atoms with van der Waals surface area (Å²) in [5, 5.41) is 11.8. The Kier molecular flexibility index (Phi) is 3.21. The largest absolute Gasteiger partial charge is 0.480 e. The number of piperidine rings is 1. The van der Waals surface area contributed by atoms with E-state index in [1.54, 1.807) is 0 Å². The van der Waals surface area contributed by atoms with Crippen molar-refractivity contribution in [3.63, 3.8) is 0 Å². The maximum Gasteiger partial charge on any atom is 0.320 e. The second kappa shape index (κ2) is 4.33. The van der Waals surface area contributed by atoms with Crippen LogP contribution >= 0.6 is 0 Å². The average molecular weight is 247 g/mol. The standard InChI is InChI=1S/C10H17NO4S/c12-10(13)9-2-1-7(5-11-9)8-3-4-16(14,15)6-8/h7-9,11H,1-6H2,(H,12,13). The minimum atomic E-state index is -2.82. The molecule has 0 bridgehead atoms. The first-order valence-electron chi connectivity index (χ1n) is 5.64. The van der Waals surface area contributed by atoms with Crippen LogP contribution in [0.5, 0.6) is 0 Å². The molecule has 0 radical (unpaired) electrons. The highest BCUT2D eigenvalue weighted by Crippen LogP contribution is 2.30. The molecule has 16 heavy (non-hydrogen) atoms. The molecule has 0 saturated carbocycles. The van der Waals surface area contributed by atoms with E-state index in [0.29, 0.717) is 24.6 Å². The Bertz CT molecular complexity index is 370. The average Bonchev–Trinajstić information content (AvgIpc) is 2.59. The molecule has 3 unspecified atom stereocenters. The number of nitrogens with one attached hydrogen (secondary N) is 1. The third-order valence-electron chi connectivity index (χ3n) is 3.68. The number of carboxylic acid groups (broad SMARTS) is 1. The fourth-order valence-corrected chi connectivity index (χ4v) is 4.61. The molecule has 0 spiro atoms. The van der Waals surface area contributed by atoms with Crippen molar-refractivity contribution < 1.29 is 18.3 Å². The van der Waals surface area contributed by atoms with Crippen molar-refractivity contribution in [2.24, 2.45) is 11.8 Å². The van der Waals surface area contributed by atoms with Gasteiger partial charge in [-0.25, -0.2) is 8.42 Å². The molecule has 2 aliphatic heterocycles. The maximum atomic E-state index is 11.3. The highest BCUT2D eigenvalue weighted by atomic mass is 32.2. The first kappa shape index (κ1) is 11.9. The molecule has 6 heteroatoms. The van der Waals surface area contributed by atoms with E-state index in [9.17, 15) is 13.2 Å². The summed E-state index contributed by atoms with van der Waals surface area (Å²) in [4.78, 5) is 10.7. The van der Waals surface area contributed by atoms with E-state index in [0.717, 1.165) is 12.8 Å². The highest BCUT2D eigenvalue weighted by molar-refractivity contribution is 7.91. The molecule has 2 fully saturated rings. The Morgan fingerprint density at radius 1 is 1.19 bits per heavy atom. The van der Waals surface area contributed by atoms with Gasteiger partial charge in [0.25, 0.3) is 0 Å². The van der Waals surface area contributed by atoms with Crippen LogP contribution in [-0.4, -0.2) is 43.6 Å². The second-order valence-electron chi connectivity index (χ2n) is 4.80. The van der Waals surface area contributed by atoms with E-state index >= 15 is 0 Å². The van der Waals surface area contributed by atoms with Gasteiger partial charge in [0, 0.05) is 0 Å². The van der Waals surface area contributed by atoms with Gasteiger partial charge < -0.3 is 10.4 Å². The summed E-state index contributed by atoms with van der Waals surface area (Å²) >= 11 is 0. The van der Waals surface area contributed by atoms with Crippen LogP contribution in [0.1, 0.15) is 19.3 Å². The van der Waals surface area contributed by atoms with Crippen molar-refractivity contribution in [2.45, 2.75) is 25.3 Å². The van der Waals surface area contributed by atoms with Crippen LogP contribution in [0.25, 0.3) is 0 Å². The number of aliphatic carboxylic acids is 1. The normalized spacial score (nSPS) is 38.4. The molecule has 0 aromatic heterocycles. The van der Waals surface area contributed by atoms with Gasteiger partial charge in [0.15, 0.2) is 9.84 Å². The lowest BCUT2D eigenvalue weighted by molar-refractivity contribution is -0.140. The van der Waals surface area contributed by atoms with E-state index in [1.165, 1.54) is 0 Å². The maximum absolute atomic E-state index is 11.3. The van der Waals surface area contributed by atoms with Crippen LogP contribution in [0.15, 0.2) is 0 Å². The van der Waals surface area contributed by atoms with Crippen LogP contribution < -0.4 is 5.32 Å². The fourth-order valence-electron chi connectivity index (χ4n) is 2.69. The minimum Gasteiger partial charge on any atom is -0.480 e. The van der Waals surface area contributed by atoms with Crippen molar-refractivity contribution in [3.8, 4) is 0 Å². The molecule has 0 aromatic carbocycles. The molecule has 2 aliphatic rings. The molecule has 92 valence electrons. The predicted molar refractivity (Wildman–Crippen MR) is 58.9 cm³/mol. The number of hydrogen-bond acceptors (Lipinski definition) is 4. The van der Waals surface area contributed by atoms with Gasteiger partial charge in [-0.1, -0.05) is 0 Å². The van der Waals surface area contributed by atoms with E-state index in [2.05, 4.69) is 5.32 Å². The van der Waals surface area contributed by atoms with E-state index < -0.39 is 21.8 Å². The van der Waals surface area contributed by atoms with E-state index in [4.69, 9.17) is 5.11 Å². The van der Waals surface area contributed by atoms with Crippen molar-refractivity contribution >= 4 is 15.8 Å². The molecular weight excluding hydrogens is 230 g/mol. The topological polar surface area (TPSA) is 83.5 Å². The SMILES string of the molecule is O=C(O)C1CCC(C2CCS(=O)(=O)C2)CN1. The lowest BCUT2D eigenvalue weighted by atomic mass is 9.84. The van der Waals surface area contributed by atoms with Crippen molar-refractivity contribution in [2.75, 3.05) is 18.1 Å². The van der Waals surface area contributed by atoms with E-state index in [-0.39, 0.29) is 11.7 Å². The zero-order chi connectivity index (χ0) is 11.8. The van der Waals surface area contributed by atoms with Crippen molar-refractivity contribution in [1.82, 2.24) is 5.32 Å². The molecule has 2 saturated heterocycles. The summed E-state index contributed by atoms with van der Waals surface area (Å²) in [6.07, 6.45) is 2.17. The highest BCUT2D eigenvalue weighted by Gasteiger charge is 2.36. The third kappa shape index (κ3) is 2.55. The number of rotatable bonds is 2. The Morgan fingerprint density at radius 2 is 1.94 bits per heavy atom. The summed E-state index contributed by atoms with van der Waals surface area (Å²) in [5.41, 5.74) is 0. The molecule has 2 N–H and O–H groups in total. The lowest BCUT2D eigenvalue weighted by Gasteiger charge is -2.30. The summed E-state index contributed by atoms with van der Waals surface area (Å²) in [7, 11) is -2.82. The number of sulfone groups is 1. The van der Waals surface area contributed by atoms with Gasteiger partial charge in [0.2, 0.25) is 0 Å². The summed E-state index contributed by atoms with van der Waals surface area (Å²) in [5.74, 6) is 0.339. The summed E-state index contributed by atoms with van der Waals surface area (Å²) in [6, 6.07) is -0.450. The van der Waals surface area contributed by atoms with Gasteiger partial charge in [-0.3, -0.25) is 4.79 Å². The monoisotopic (exact) mass is 247 g/mol. The third-order valence-corrected chi connectivity index (χ3v) is 5.48. The van der Waals surface area contributed by atoms with Gasteiger partial charge in [-0.05, 0) is 37.6 Å². The molecule has 0 aliphatic carbocycles. The van der Waals surface area contributed by atoms with Crippen LogP contribution in [0.2, 0.25) is 0 Å². The molecular formula is C10H17NO4S. The lowest BCUT2D eigenvalue weighted by Crippen LogP contribution is -2.45. The zero-order valence-corrected chi connectivity index (χ0v) is 9.87. The van der Waals surface area contributed by atoms with Gasteiger partial charge in [0.1, 0.15) is 6.04 Å². The first-order chi connectivity index (χ1) is 7.48. The number of carbonyl (C=O) groups is 1. The minimum absolute atomic E-state index is 0.229. The molecule has 3 atom stereocenters.